The molecular formula is C15H15N5O3S. The summed E-state index contributed by atoms with van der Waals surface area (Å²) in [6, 6.07) is 8.08. The van der Waals surface area contributed by atoms with Gasteiger partial charge in [-0.1, -0.05) is 0 Å². The fraction of sp³-hybridized carbons (Fsp3) is 0.133. The van der Waals surface area contributed by atoms with Crippen molar-refractivity contribution in [2.24, 2.45) is 0 Å². The van der Waals surface area contributed by atoms with E-state index in [0.717, 1.165) is 0 Å². The molecule has 0 saturated carbocycles. The lowest BCUT2D eigenvalue weighted by Gasteiger charge is -2.08. The highest BCUT2D eigenvalue weighted by Crippen LogP contribution is 2.16. The molecule has 2 heterocycles. The zero-order valence-corrected chi connectivity index (χ0v) is 13.6. The molecular weight excluding hydrogens is 330 g/mol. The molecule has 1 amide bonds. The Balaban J connectivity index is 1.76. The van der Waals surface area contributed by atoms with Crippen molar-refractivity contribution >= 4 is 32.8 Å². The first-order chi connectivity index (χ1) is 11.5. The van der Waals surface area contributed by atoms with Gasteiger partial charge >= 0.3 is 0 Å². The third-order valence-electron chi connectivity index (χ3n) is 3.34. The predicted octanol–water partition coefficient (Wildman–Crippen LogP) is 1.74. The minimum Gasteiger partial charge on any atom is -0.321 e. The Morgan fingerprint density at radius 2 is 1.83 bits per heavy atom. The molecule has 3 rings (SSSR count). The van der Waals surface area contributed by atoms with Crippen LogP contribution in [0.1, 0.15) is 17.4 Å². The van der Waals surface area contributed by atoms with E-state index in [1.54, 1.807) is 54.2 Å². The van der Waals surface area contributed by atoms with Crippen molar-refractivity contribution < 1.29 is 13.2 Å². The number of carbonyl (C=O) groups is 1. The number of benzene rings is 1. The van der Waals surface area contributed by atoms with E-state index in [4.69, 9.17) is 0 Å². The maximum absolute atomic E-state index is 12.4. The summed E-state index contributed by atoms with van der Waals surface area (Å²) in [6.07, 6.45) is 4.74. The van der Waals surface area contributed by atoms with E-state index in [2.05, 4.69) is 20.1 Å². The smallest absolute Gasteiger partial charge is 0.276 e. The summed E-state index contributed by atoms with van der Waals surface area (Å²) in [6.45, 7) is 1.56. The summed E-state index contributed by atoms with van der Waals surface area (Å²) in [4.78, 5) is 16.4. The van der Waals surface area contributed by atoms with Crippen LogP contribution >= 0.6 is 0 Å². The third-order valence-corrected chi connectivity index (χ3v) is 4.64. The molecule has 2 aromatic heterocycles. The topological polar surface area (TPSA) is 105 Å². The van der Waals surface area contributed by atoms with Crippen LogP contribution < -0.4 is 10.0 Å². The van der Waals surface area contributed by atoms with E-state index in [9.17, 15) is 13.2 Å². The van der Waals surface area contributed by atoms with E-state index in [-0.39, 0.29) is 17.4 Å². The number of nitrogens with zero attached hydrogens (tertiary/aromatic N) is 3. The molecule has 0 bridgehead atoms. The van der Waals surface area contributed by atoms with Gasteiger partial charge in [0.05, 0.1) is 17.5 Å². The maximum atomic E-state index is 12.4. The number of carbonyl (C=O) groups excluding carboxylic acids is 1. The van der Waals surface area contributed by atoms with E-state index in [0.29, 0.717) is 16.9 Å². The van der Waals surface area contributed by atoms with Crippen LogP contribution in [0.15, 0.2) is 48.9 Å². The molecule has 2 N–H and O–H groups in total. The monoisotopic (exact) mass is 345 g/mol. The van der Waals surface area contributed by atoms with E-state index in [1.165, 1.54) is 6.20 Å². The number of rotatable bonds is 5. The van der Waals surface area contributed by atoms with E-state index in [1.807, 2.05) is 0 Å². The third kappa shape index (κ3) is 3.35. The molecule has 124 valence electrons. The Morgan fingerprint density at radius 3 is 2.54 bits per heavy atom. The van der Waals surface area contributed by atoms with Crippen molar-refractivity contribution in [3.8, 4) is 0 Å². The molecule has 1 aromatic carbocycles. The maximum Gasteiger partial charge on any atom is 0.276 e. The molecule has 0 spiro atoms. The molecule has 0 aliphatic rings. The van der Waals surface area contributed by atoms with Crippen LogP contribution in [0.4, 0.5) is 11.4 Å². The second-order valence-corrected chi connectivity index (χ2v) is 6.98. The number of anilines is 2. The zero-order chi connectivity index (χ0) is 17.2. The van der Waals surface area contributed by atoms with E-state index < -0.39 is 10.0 Å². The van der Waals surface area contributed by atoms with Crippen LogP contribution in [0, 0.1) is 0 Å². The molecule has 0 aliphatic carbocycles. The lowest BCUT2D eigenvalue weighted by atomic mass is 10.2. The van der Waals surface area contributed by atoms with Gasteiger partial charge in [-0.2, -0.15) is 5.10 Å². The van der Waals surface area contributed by atoms with Gasteiger partial charge in [0.25, 0.3) is 5.91 Å². The summed E-state index contributed by atoms with van der Waals surface area (Å²) >= 11 is 0. The quantitative estimate of drug-likeness (QED) is 0.733. The highest BCUT2D eigenvalue weighted by molar-refractivity contribution is 7.92. The number of amides is 1. The Morgan fingerprint density at radius 1 is 1.12 bits per heavy atom. The van der Waals surface area contributed by atoms with Crippen molar-refractivity contribution in [2.75, 3.05) is 15.8 Å². The van der Waals surface area contributed by atoms with Crippen LogP contribution in [0.5, 0.6) is 0 Å². The zero-order valence-electron chi connectivity index (χ0n) is 12.8. The summed E-state index contributed by atoms with van der Waals surface area (Å²) in [5, 5.41) is 6.78. The van der Waals surface area contributed by atoms with Crippen LogP contribution in [-0.2, 0) is 10.0 Å². The number of nitrogens with one attached hydrogen (secondary N) is 2. The Hall–Kier alpha value is -2.94. The van der Waals surface area contributed by atoms with E-state index >= 15 is 0 Å². The summed E-state index contributed by atoms with van der Waals surface area (Å²) < 4.78 is 27.0. The lowest BCUT2D eigenvalue weighted by molar-refractivity contribution is 0.102. The normalized spacial score (nSPS) is 11.4. The summed E-state index contributed by atoms with van der Waals surface area (Å²) in [7, 11) is -3.33. The highest BCUT2D eigenvalue weighted by Gasteiger charge is 2.13. The molecule has 0 atom stereocenters. The van der Waals surface area contributed by atoms with Gasteiger partial charge in [0.2, 0.25) is 10.0 Å². The summed E-state index contributed by atoms with van der Waals surface area (Å²) in [5.41, 5.74) is 1.82. The number of fused-ring (bicyclic) bond motifs is 1. The Kier molecular flexibility index (Phi) is 4.17. The second kappa shape index (κ2) is 6.28. The van der Waals surface area contributed by atoms with Gasteiger partial charge in [0.1, 0.15) is 0 Å². The van der Waals surface area contributed by atoms with Gasteiger partial charge in [0, 0.05) is 23.8 Å². The first-order valence-electron chi connectivity index (χ1n) is 7.19. The minimum absolute atomic E-state index is 0.00743. The van der Waals surface area contributed by atoms with Crippen molar-refractivity contribution in [2.45, 2.75) is 6.92 Å². The van der Waals surface area contributed by atoms with Gasteiger partial charge in [0.15, 0.2) is 5.69 Å². The molecule has 0 fully saturated rings. The standard InChI is InChI=1S/C15H15N5O3S/c1-2-24(22,23)19-12-5-3-11(4-6-12)18-15(21)14-13-7-8-17-20(13)10-9-16-14/h3-10,19H,2H2,1H3,(H,18,21). The molecule has 0 unspecified atom stereocenters. The molecule has 8 nitrogen and oxygen atoms in total. The number of hydrogen-bond acceptors (Lipinski definition) is 5. The van der Waals surface area contributed by atoms with Gasteiger partial charge in [-0.15, -0.1) is 0 Å². The van der Waals surface area contributed by atoms with Crippen molar-refractivity contribution in [1.82, 2.24) is 14.6 Å². The molecule has 3 aromatic rings. The van der Waals surface area contributed by atoms with Crippen LogP contribution in [0.3, 0.4) is 0 Å². The minimum atomic E-state index is -3.33. The Bertz CT molecular complexity index is 980. The lowest BCUT2D eigenvalue weighted by Crippen LogP contribution is -2.16. The molecule has 0 aliphatic heterocycles. The van der Waals surface area contributed by atoms with Crippen molar-refractivity contribution in [1.29, 1.82) is 0 Å². The predicted molar refractivity (Wildman–Crippen MR) is 90.5 cm³/mol. The second-order valence-electron chi connectivity index (χ2n) is 4.97. The van der Waals surface area contributed by atoms with Crippen LogP contribution in [0.25, 0.3) is 5.52 Å². The molecule has 9 heteroatoms. The first-order valence-corrected chi connectivity index (χ1v) is 8.84. The van der Waals surface area contributed by atoms with Crippen LogP contribution in [0.2, 0.25) is 0 Å². The van der Waals surface area contributed by atoms with Gasteiger partial charge < -0.3 is 5.32 Å². The SMILES string of the molecule is CCS(=O)(=O)Nc1ccc(NC(=O)c2nccn3nccc23)cc1. The summed E-state index contributed by atoms with van der Waals surface area (Å²) in [5.74, 6) is -0.380. The van der Waals surface area contributed by atoms with Gasteiger partial charge in [-0.3, -0.25) is 9.52 Å². The average Bonchev–Trinajstić information content (AvgIpc) is 3.05. The number of sulfonamides is 1. The van der Waals surface area contributed by atoms with Gasteiger partial charge in [-0.05, 0) is 37.3 Å². The first kappa shape index (κ1) is 15.9. The Labute approximate surface area is 138 Å². The fourth-order valence-electron chi connectivity index (χ4n) is 2.10. The largest absolute Gasteiger partial charge is 0.321 e. The van der Waals surface area contributed by atoms with Gasteiger partial charge in [-0.25, -0.2) is 17.9 Å². The molecule has 24 heavy (non-hydrogen) atoms. The fourth-order valence-corrected chi connectivity index (χ4v) is 2.74. The molecule has 0 radical (unpaired) electrons. The highest BCUT2D eigenvalue weighted by atomic mass is 32.2. The van der Waals surface area contributed by atoms with Crippen molar-refractivity contribution in [3.63, 3.8) is 0 Å². The number of hydrogen-bond donors (Lipinski definition) is 2. The van der Waals surface area contributed by atoms with Crippen LogP contribution in [-0.4, -0.2) is 34.7 Å². The molecule has 0 saturated heterocycles. The average molecular weight is 345 g/mol. The number of aromatic nitrogens is 3. The van der Waals surface area contributed by atoms with Crippen molar-refractivity contribution in [3.05, 3.63) is 54.6 Å².